The van der Waals surface area contributed by atoms with E-state index in [2.05, 4.69) is 10.2 Å². The highest BCUT2D eigenvalue weighted by atomic mass is 32.2. The summed E-state index contributed by atoms with van der Waals surface area (Å²) in [7, 11) is 1.92. The van der Waals surface area contributed by atoms with E-state index in [1.807, 2.05) is 20.2 Å². The average Bonchev–Trinajstić information content (AvgIpc) is 3.38. The molecule has 40 heavy (non-hydrogen) atoms. The summed E-state index contributed by atoms with van der Waals surface area (Å²) in [6.45, 7) is 4.01. The summed E-state index contributed by atoms with van der Waals surface area (Å²) in [6, 6.07) is 10.5. The van der Waals surface area contributed by atoms with Crippen LogP contribution in [-0.2, 0) is 19.6 Å². The second-order valence-electron chi connectivity index (χ2n) is 11.3. The first kappa shape index (κ1) is 30.4. The molecule has 1 saturated heterocycles. The number of carbonyl (C=O) groups is 1. The Morgan fingerprint density at radius 2 is 1.77 bits per heavy atom. The molecule has 1 heterocycles. The lowest BCUT2D eigenvalue weighted by molar-refractivity contribution is -0.128. The number of benzene rings is 2. The number of aryl methyl sites for hydroxylation is 2. The number of halogens is 1. The van der Waals surface area contributed by atoms with Crippen molar-refractivity contribution in [2.75, 3.05) is 40.9 Å². The summed E-state index contributed by atoms with van der Waals surface area (Å²) in [5, 5.41) is 3.09. The molecule has 220 valence electrons. The third-order valence-electron chi connectivity index (χ3n) is 8.16. The van der Waals surface area contributed by atoms with Crippen molar-refractivity contribution in [2.24, 2.45) is 5.92 Å². The summed E-state index contributed by atoms with van der Waals surface area (Å²) >= 11 is 0. The second kappa shape index (κ2) is 13.0. The monoisotopic (exact) mass is 575 g/mol. The fourth-order valence-corrected chi connectivity index (χ4v) is 8.24. The Balaban J connectivity index is 1.25. The zero-order chi connectivity index (χ0) is 29.0. The Kier molecular flexibility index (Phi) is 9.87. The molecule has 0 aromatic heterocycles. The minimum Gasteiger partial charge on any atom is -0.497 e. The molecule has 2 fully saturated rings. The topological polar surface area (TPSA) is 88.2 Å². The molecule has 1 aliphatic carbocycles. The summed E-state index contributed by atoms with van der Waals surface area (Å²) in [6.07, 6.45) is 3.79. The highest BCUT2D eigenvalue weighted by Crippen LogP contribution is 2.37. The van der Waals surface area contributed by atoms with Gasteiger partial charge < -0.3 is 19.7 Å². The standard InChI is InChI=1S/C30H42FN3O5S/c1-20-15-27(38-5)16-21(2)30(20)40(36,37)34-14-13-26(18-34)39-19-28(35)32-25-11-9-22(10-12-25)29(33(3)4)23-7-6-8-24(31)17-23/h6-8,15-17,22,25-26,29H,9-14,18-19H2,1-5H3,(H,32,35). The van der Waals surface area contributed by atoms with Crippen LogP contribution in [0.15, 0.2) is 41.3 Å². The zero-order valence-electron chi connectivity index (χ0n) is 24.2. The fourth-order valence-electron chi connectivity index (χ4n) is 6.34. The first-order chi connectivity index (χ1) is 19.0. The van der Waals surface area contributed by atoms with Gasteiger partial charge in [0.05, 0.1) is 18.1 Å². The summed E-state index contributed by atoms with van der Waals surface area (Å²) < 4.78 is 53.1. The van der Waals surface area contributed by atoms with Crippen molar-refractivity contribution in [1.29, 1.82) is 0 Å². The van der Waals surface area contributed by atoms with Crippen LogP contribution in [0.4, 0.5) is 4.39 Å². The Hall–Kier alpha value is -2.53. The van der Waals surface area contributed by atoms with Crippen LogP contribution in [0.25, 0.3) is 0 Å². The largest absolute Gasteiger partial charge is 0.497 e. The van der Waals surface area contributed by atoms with Crippen LogP contribution in [0.2, 0.25) is 0 Å². The number of ether oxygens (including phenoxy) is 2. The van der Waals surface area contributed by atoms with E-state index in [1.165, 1.54) is 10.4 Å². The van der Waals surface area contributed by atoms with E-state index in [4.69, 9.17) is 9.47 Å². The molecule has 2 atom stereocenters. The normalized spacial score (nSPS) is 22.8. The number of hydrogen-bond acceptors (Lipinski definition) is 6. The van der Waals surface area contributed by atoms with Gasteiger partial charge in [0.25, 0.3) is 0 Å². The van der Waals surface area contributed by atoms with Crippen LogP contribution in [-0.4, -0.2) is 76.6 Å². The summed E-state index contributed by atoms with van der Waals surface area (Å²) in [5.74, 6) is 0.603. The summed E-state index contributed by atoms with van der Waals surface area (Å²) in [5.41, 5.74) is 2.27. The van der Waals surface area contributed by atoms with Crippen molar-refractivity contribution in [1.82, 2.24) is 14.5 Å². The summed E-state index contributed by atoms with van der Waals surface area (Å²) in [4.78, 5) is 15.1. The molecule has 2 aromatic rings. The van der Waals surface area contributed by atoms with Crippen molar-refractivity contribution in [3.8, 4) is 5.75 Å². The highest BCUT2D eigenvalue weighted by molar-refractivity contribution is 7.89. The van der Waals surface area contributed by atoms with Gasteiger partial charge in [0.15, 0.2) is 0 Å². The lowest BCUT2D eigenvalue weighted by Gasteiger charge is -2.37. The Morgan fingerprint density at radius 3 is 2.38 bits per heavy atom. The number of hydrogen-bond donors (Lipinski definition) is 1. The number of sulfonamides is 1. The molecule has 0 spiro atoms. The van der Waals surface area contributed by atoms with Gasteiger partial charge in [-0.15, -0.1) is 0 Å². The molecule has 1 aliphatic heterocycles. The Labute approximate surface area is 237 Å². The van der Waals surface area contributed by atoms with E-state index in [0.717, 1.165) is 31.2 Å². The van der Waals surface area contributed by atoms with E-state index in [9.17, 15) is 17.6 Å². The van der Waals surface area contributed by atoms with Gasteiger partial charge in [0, 0.05) is 25.2 Å². The number of amides is 1. The molecule has 10 heteroatoms. The van der Waals surface area contributed by atoms with E-state index in [-0.39, 0.29) is 43.1 Å². The maximum atomic E-state index is 13.8. The molecule has 2 unspecified atom stereocenters. The minimum atomic E-state index is -3.69. The van der Waals surface area contributed by atoms with Crippen LogP contribution < -0.4 is 10.1 Å². The lowest BCUT2D eigenvalue weighted by atomic mass is 9.78. The minimum absolute atomic E-state index is 0.0733. The number of methoxy groups -OCH3 is 1. The first-order valence-electron chi connectivity index (χ1n) is 14.0. The second-order valence-corrected chi connectivity index (χ2v) is 13.2. The maximum Gasteiger partial charge on any atom is 0.246 e. The van der Waals surface area contributed by atoms with Gasteiger partial charge in [0.1, 0.15) is 18.2 Å². The average molecular weight is 576 g/mol. The van der Waals surface area contributed by atoms with Crippen LogP contribution >= 0.6 is 0 Å². The third-order valence-corrected chi connectivity index (χ3v) is 10.3. The van der Waals surface area contributed by atoms with Gasteiger partial charge in [-0.25, -0.2) is 12.8 Å². The van der Waals surface area contributed by atoms with E-state index in [0.29, 0.717) is 40.7 Å². The van der Waals surface area contributed by atoms with Crippen molar-refractivity contribution in [2.45, 2.75) is 69.0 Å². The Bertz CT molecular complexity index is 1270. The van der Waals surface area contributed by atoms with Crippen molar-refractivity contribution in [3.63, 3.8) is 0 Å². The van der Waals surface area contributed by atoms with Gasteiger partial charge in [-0.05, 0) is 107 Å². The molecular weight excluding hydrogens is 533 g/mol. The van der Waals surface area contributed by atoms with Gasteiger partial charge in [-0.3, -0.25) is 4.79 Å². The van der Waals surface area contributed by atoms with Crippen LogP contribution in [0.5, 0.6) is 5.75 Å². The SMILES string of the molecule is COc1cc(C)c(S(=O)(=O)N2CCC(OCC(=O)NC3CCC(C(c4cccc(F)c4)N(C)C)CC3)C2)c(C)c1. The molecule has 1 amide bonds. The Morgan fingerprint density at radius 1 is 1.10 bits per heavy atom. The quantitative estimate of drug-likeness (QED) is 0.457. The van der Waals surface area contributed by atoms with Crippen LogP contribution in [0, 0.1) is 25.6 Å². The smallest absolute Gasteiger partial charge is 0.246 e. The fraction of sp³-hybridized carbons (Fsp3) is 0.567. The van der Waals surface area contributed by atoms with Crippen LogP contribution in [0.1, 0.15) is 54.8 Å². The molecule has 1 N–H and O–H groups in total. The van der Waals surface area contributed by atoms with Gasteiger partial charge in [-0.1, -0.05) is 12.1 Å². The van der Waals surface area contributed by atoms with Crippen LogP contribution in [0.3, 0.4) is 0 Å². The van der Waals surface area contributed by atoms with E-state index in [1.54, 1.807) is 45.2 Å². The molecule has 8 nitrogen and oxygen atoms in total. The first-order valence-corrected chi connectivity index (χ1v) is 15.4. The number of nitrogens with zero attached hydrogens (tertiary/aromatic N) is 2. The van der Waals surface area contributed by atoms with Gasteiger partial charge in [0.2, 0.25) is 15.9 Å². The predicted molar refractivity (Wildman–Crippen MR) is 152 cm³/mol. The van der Waals surface area contributed by atoms with E-state index < -0.39 is 10.0 Å². The van der Waals surface area contributed by atoms with Crippen molar-refractivity contribution in [3.05, 3.63) is 58.9 Å². The molecule has 0 radical (unpaired) electrons. The third kappa shape index (κ3) is 7.02. The number of carbonyl (C=O) groups excluding carboxylic acids is 1. The molecule has 4 rings (SSSR count). The van der Waals surface area contributed by atoms with Crippen molar-refractivity contribution < 1.29 is 27.1 Å². The zero-order valence-corrected chi connectivity index (χ0v) is 25.0. The van der Waals surface area contributed by atoms with Gasteiger partial charge >= 0.3 is 0 Å². The molecule has 0 bridgehead atoms. The molecular formula is C30H42FN3O5S. The maximum absolute atomic E-state index is 13.8. The number of rotatable bonds is 10. The molecule has 1 saturated carbocycles. The molecule has 2 aliphatic rings. The van der Waals surface area contributed by atoms with Crippen molar-refractivity contribution >= 4 is 15.9 Å². The number of nitrogens with one attached hydrogen (secondary N) is 1. The molecule has 2 aromatic carbocycles. The lowest BCUT2D eigenvalue weighted by Crippen LogP contribution is -2.42. The van der Waals surface area contributed by atoms with E-state index >= 15 is 0 Å². The van der Waals surface area contributed by atoms with Gasteiger partial charge in [-0.2, -0.15) is 4.31 Å². The highest BCUT2D eigenvalue weighted by Gasteiger charge is 2.36. The predicted octanol–water partition coefficient (Wildman–Crippen LogP) is 4.21.